The maximum atomic E-state index is 12.8. The van der Waals surface area contributed by atoms with Crippen molar-refractivity contribution >= 4 is 28.6 Å². The number of rotatable bonds is 2. The van der Waals surface area contributed by atoms with Gasteiger partial charge in [-0.3, -0.25) is 29.3 Å². The highest BCUT2D eigenvalue weighted by Crippen LogP contribution is 2.67. The maximum Gasteiger partial charge on any atom is 0.303 e. The zero-order chi connectivity index (χ0) is 27.3. The van der Waals surface area contributed by atoms with Gasteiger partial charge in [-0.15, -0.1) is 0 Å². The van der Waals surface area contributed by atoms with Crippen LogP contribution in [0.25, 0.3) is 11.0 Å². The molecule has 4 aliphatic carbocycles. The summed E-state index contributed by atoms with van der Waals surface area (Å²) in [7, 11) is 0. The number of ether oxygens (including phenoxy) is 1. The van der Waals surface area contributed by atoms with Crippen LogP contribution in [0.2, 0.25) is 0 Å². The number of aromatic nitrogens is 3. The van der Waals surface area contributed by atoms with Gasteiger partial charge in [-0.2, -0.15) is 0 Å². The van der Waals surface area contributed by atoms with E-state index < -0.39 is 5.60 Å². The molecule has 0 bridgehead atoms. The van der Waals surface area contributed by atoms with Gasteiger partial charge in [-0.1, -0.05) is 25.5 Å². The molecular weight excluding hydrogens is 478 g/mol. The summed E-state index contributed by atoms with van der Waals surface area (Å²) >= 11 is 0. The Morgan fingerprint density at radius 1 is 0.974 bits per heavy atom. The molecule has 0 N–H and O–H groups in total. The number of carbonyl (C=O) groups is 3. The molecule has 6 rings (SSSR count). The molecule has 0 aliphatic heterocycles. The summed E-state index contributed by atoms with van der Waals surface area (Å²) in [5.41, 5.74) is 2.88. The molecule has 2 aromatic heterocycles. The van der Waals surface area contributed by atoms with Crippen molar-refractivity contribution < 1.29 is 19.1 Å². The molecule has 0 radical (unpaired) electrons. The molecule has 0 amide bonds. The third-order valence-electron chi connectivity index (χ3n) is 10.1. The van der Waals surface area contributed by atoms with Gasteiger partial charge in [0, 0.05) is 37.4 Å². The standard InChI is InChI=1S/C24H32O4.C7H5N3/c1-14-12-18-19(22(4)9-6-17(27)13-21(14)22)7-10-23(5)20(18)8-11-24(23,15(2)25)28-16(3)26;1-2-8-5-7-6(1)9-3-4-10-7/h12-13,18-20H,6-11H2,1-5H3;1-5H/t18-,19+,20+,22-,23+,24+;/m1./s1. The fourth-order valence-corrected chi connectivity index (χ4v) is 8.29. The number of ketones is 2. The molecule has 2 heterocycles. The Balaban J connectivity index is 0.000000244. The Labute approximate surface area is 224 Å². The van der Waals surface area contributed by atoms with E-state index in [9.17, 15) is 14.4 Å². The molecular formula is C31H37N3O4. The highest BCUT2D eigenvalue weighted by Gasteiger charge is 2.67. The molecule has 2 saturated carbocycles. The lowest BCUT2D eigenvalue weighted by molar-refractivity contribution is -0.185. The zero-order valence-electron chi connectivity index (χ0n) is 23.0. The fraction of sp³-hybridized carbons (Fsp3) is 0.548. The largest absolute Gasteiger partial charge is 0.451 e. The lowest BCUT2D eigenvalue weighted by Gasteiger charge is -2.58. The molecule has 38 heavy (non-hydrogen) atoms. The van der Waals surface area contributed by atoms with Gasteiger partial charge in [0.2, 0.25) is 0 Å². The number of hydrogen-bond acceptors (Lipinski definition) is 7. The molecule has 7 heteroatoms. The first kappa shape index (κ1) is 26.4. The molecule has 2 aromatic rings. The number of esters is 1. The van der Waals surface area contributed by atoms with E-state index in [4.69, 9.17) is 4.74 Å². The Kier molecular flexibility index (Phi) is 6.60. The number of allylic oxidation sites excluding steroid dienone is 4. The minimum absolute atomic E-state index is 0.0160. The average molecular weight is 516 g/mol. The number of Topliss-reactive ketones (excluding diaryl/α,β-unsaturated/α-hetero) is 1. The fourth-order valence-electron chi connectivity index (χ4n) is 8.29. The van der Waals surface area contributed by atoms with Crippen LogP contribution in [0.15, 0.2) is 54.2 Å². The highest BCUT2D eigenvalue weighted by molar-refractivity contribution is 5.92. The van der Waals surface area contributed by atoms with Crippen molar-refractivity contribution in [1.82, 2.24) is 15.0 Å². The quantitative estimate of drug-likeness (QED) is 0.480. The van der Waals surface area contributed by atoms with E-state index in [2.05, 4.69) is 41.8 Å². The Morgan fingerprint density at radius 2 is 1.68 bits per heavy atom. The predicted octanol–water partition coefficient (Wildman–Crippen LogP) is 5.60. The van der Waals surface area contributed by atoms with Crippen LogP contribution in [0.4, 0.5) is 0 Å². The van der Waals surface area contributed by atoms with Crippen LogP contribution in [0, 0.1) is 28.6 Å². The number of hydrogen-bond donors (Lipinski definition) is 0. The first-order chi connectivity index (χ1) is 18.0. The van der Waals surface area contributed by atoms with Crippen LogP contribution < -0.4 is 0 Å². The maximum absolute atomic E-state index is 12.8. The van der Waals surface area contributed by atoms with Gasteiger partial charge >= 0.3 is 5.97 Å². The normalized spacial score (nSPS) is 35.5. The van der Waals surface area contributed by atoms with Gasteiger partial charge in [-0.05, 0) is 86.8 Å². The van der Waals surface area contributed by atoms with E-state index in [1.54, 1.807) is 31.7 Å². The monoisotopic (exact) mass is 515 g/mol. The molecule has 4 aliphatic rings. The second kappa shape index (κ2) is 9.51. The average Bonchev–Trinajstić information content (AvgIpc) is 3.18. The van der Waals surface area contributed by atoms with E-state index in [1.807, 2.05) is 12.1 Å². The van der Waals surface area contributed by atoms with Crippen LogP contribution >= 0.6 is 0 Å². The second-order valence-electron chi connectivity index (χ2n) is 12.0. The molecule has 0 aromatic carbocycles. The first-order valence-corrected chi connectivity index (χ1v) is 13.7. The Hall–Kier alpha value is -3.22. The van der Waals surface area contributed by atoms with Gasteiger partial charge < -0.3 is 4.74 Å². The van der Waals surface area contributed by atoms with Crippen LogP contribution in [0.1, 0.15) is 73.1 Å². The number of pyridine rings is 1. The van der Waals surface area contributed by atoms with Gasteiger partial charge in [0.25, 0.3) is 0 Å². The van der Waals surface area contributed by atoms with Crippen LogP contribution in [-0.4, -0.2) is 38.1 Å². The van der Waals surface area contributed by atoms with Crippen molar-refractivity contribution in [1.29, 1.82) is 0 Å². The molecule has 0 spiro atoms. The van der Waals surface area contributed by atoms with E-state index in [0.717, 1.165) is 36.7 Å². The number of nitrogens with zero attached hydrogens (tertiary/aromatic N) is 3. The minimum Gasteiger partial charge on any atom is -0.451 e. The predicted molar refractivity (Wildman–Crippen MR) is 144 cm³/mol. The summed E-state index contributed by atoms with van der Waals surface area (Å²) in [6.07, 6.45) is 15.9. The smallest absolute Gasteiger partial charge is 0.303 e. The van der Waals surface area contributed by atoms with Crippen LogP contribution in [0.5, 0.6) is 0 Å². The van der Waals surface area contributed by atoms with Gasteiger partial charge in [0.15, 0.2) is 17.2 Å². The topological polar surface area (TPSA) is 99.1 Å². The van der Waals surface area contributed by atoms with E-state index in [1.165, 1.54) is 18.1 Å². The van der Waals surface area contributed by atoms with Crippen LogP contribution in [-0.2, 0) is 19.1 Å². The van der Waals surface area contributed by atoms with Crippen molar-refractivity contribution in [3.63, 3.8) is 0 Å². The Bertz CT molecular complexity index is 1300. The summed E-state index contributed by atoms with van der Waals surface area (Å²) in [4.78, 5) is 48.8. The summed E-state index contributed by atoms with van der Waals surface area (Å²) in [5.74, 6) is 1.03. The molecule has 7 nitrogen and oxygen atoms in total. The van der Waals surface area contributed by atoms with Gasteiger partial charge in [-0.25, -0.2) is 0 Å². The number of fused-ring (bicyclic) bond motifs is 6. The summed E-state index contributed by atoms with van der Waals surface area (Å²) in [6.45, 7) is 9.63. The van der Waals surface area contributed by atoms with Crippen molar-refractivity contribution in [2.24, 2.45) is 28.6 Å². The second-order valence-corrected chi connectivity index (χ2v) is 12.0. The zero-order valence-corrected chi connectivity index (χ0v) is 23.0. The van der Waals surface area contributed by atoms with E-state index >= 15 is 0 Å². The minimum atomic E-state index is -0.990. The highest BCUT2D eigenvalue weighted by atomic mass is 16.6. The lowest BCUT2D eigenvalue weighted by atomic mass is 9.47. The summed E-state index contributed by atoms with van der Waals surface area (Å²) in [6, 6.07) is 1.84. The van der Waals surface area contributed by atoms with Crippen molar-refractivity contribution in [3.8, 4) is 0 Å². The van der Waals surface area contributed by atoms with Gasteiger partial charge in [0.1, 0.15) is 5.52 Å². The van der Waals surface area contributed by atoms with Crippen LogP contribution in [0.3, 0.4) is 0 Å². The molecule has 0 unspecified atom stereocenters. The molecule has 0 saturated heterocycles. The lowest BCUT2D eigenvalue weighted by Crippen LogP contribution is -2.58. The van der Waals surface area contributed by atoms with E-state index in [0.29, 0.717) is 30.6 Å². The number of carbonyl (C=O) groups excluding carboxylic acids is 3. The van der Waals surface area contributed by atoms with E-state index in [-0.39, 0.29) is 28.4 Å². The molecule has 6 atom stereocenters. The van der Waals surface area contributed by atoms with Crippen molar-refractivity contribution in [3.05, 3.63) is 54.2 Å². The van der Waals surface area contributed by atoms with Crippen molar-refractivity contribution in [2.45, 2.75) is 78.7 Å². The first-order valence-electron chi connectivity index (χ1n) is 13.7. The third-order valence-corrected chi connectivity index (χ3v) is 10.1. The molecule has 2 fully saturated rings. The molecule has 200 valence electrons. The van der Waals surface area contributed by atoms with Gasteiger partial charge in [0.05, 0.1) is 11.7 Å². The Morgan fingerprint density at radius 3 is 2.37 bits per heavy atom. The van der Waals surface area contributed by atoms with Crippen molar-refractivity contribution in [2.75, 3.05) is 0 Å². The SMILES string of the molecule is CC(=O)O[C@]1(C(C)=O)CC[C@H]2[C@@H]3C=C(C)C4=CC(=O)CC[C@]4(C)[C@H]3CC[C@@]21C.c1cc2nccnc2cn1. The summed E-state index contributed by atoms with van der Waals surface area (Å²) in [5, 5.41) is 0. The summed E-state index contributed by atoms with van der Waals surface area (Å²) < 4.78 is 5.82. The third kappa shape index (κ3) is 4.02.